The number of carbonyl (C=O) groups excluding carboxylic acids is 2. The van der Waals surface area contributed by atoms with E-state index in [0.29, 0.717) is 56.8 Å². The molecule has 0 radical (unpaired) electrons. The van der Waals surface area contributed by atoms with Gasteiger partial charge >= 0.3 is 6.18 Å². The van der Waals surface area contributed by atoms with Gasteiger partial charge in [-0.3, -0.25) is 9.59 Å². The third kappa shape index (κ3) is 7.23. The number of anilines is 3. The zero-order valence-electron chi connectivity index (χ0n) is 28.1. The van der Waals surface area contributed by atoms with Crippen molar-refractivity contribution in [3.8, 4) is 0 Å². The number of nitrogens with one attached hydrogen (secondary N) is 3. The van der Waals surface area contributed by atoms with Crippen molar-refractivity contribution in [2.24, 2.45) is 18.4 Å². The number of nitrogens with zero attached hydrogens (tertiary/aromatic N) is 3. The lowest BCUT2D eigenvalue weighted by Crippen LogP contribution is -2.41. The molecule has 1 saturated heterocycles. The molecule has 8 nitrogen and oxygen atoms in total. The zero-order valence-corrected chi connectivity index (χ0v) is 29.6. The Morgan fingerprint density at radius 1 is 1.00 bits per heavy atom. The van der Waals surface area contributed by atoms with Gasteiger partial charge in [0.25, 0.3) is 5.91 Å². The monoisotopic (exact) mass is 732 g/mol. The van der Waals surface area contributed by atoms with Gasteiger partial charge in [0.1, 0.15) is 5.82 Å². The fourth-order valence-corrected chi connectivity index (χ4v) is 6.83. The van der Waals surface area contributed by atoms with Gasteiger partial charge in [-0.1, -0.05) is 62.2 Å². The second kappa shape index (κ2) is 13.3. The molecule has 1 aliphatic carbocycles. The minimum atomic E-state index is -4.29. The Balaban J connectivity index is 1.34. The first-order valence-corrected chi connectivity index (χ1v) is 17.2. The summed E-state index contributed by atoms with van der Waals surface area (Å²) in [7, 11) is 1.76. The minimum absolute atomic E-state index is 0.0934. The van der Waals surface area contributed by atoms with E-state index in [1.807, 2.05) is 25.7 Å². The number of imidazole rings is 1. The van der Waals surface area contributed by atoms with E-state index in [1.165, 1.54) is 12.1 Å². The SMILES string of the molecule is Cn1c(Nc2c(Cl)ccc(CNC(=O)C(C)(C)C)c2Cl)nc2cc(C(=O)NC3(c4ccc(F)cc4)CC3)c(N3CCC(C(F)(F)F)CC3)cc21. The Hall–Kier alpha value is -4.03. The lowest BCUT2D eigenvalue weighted by Gasteiger charge is -2.35. The van der Waals surface area contributed by atoms with E-state index in [4.69, 9.17) is 28.2 Å². The molecule has 14 heteroatoms. The molecule has 1 saturated carbocycles. The number of alkyl halides is 3. The van der Waals surface area contributed by atoms with E-state index in [1.54, 1.807) is 48.0 Å². The van der Waals surface area contributed by atoms with Crippen LogP contribution in [0.25, 0.3) is 11.0 Å². The first-order valence-electron chi connectivity index (χ1n) is 16.4. The average Bonchev–Trinajstić information content (AvgIpc) is 3.77. The number of amides is 2. The summed E-state index contributed by atoms with van der Waals surface area (Å²) in [5.74, 6) is -1.99. The number of carbonyl (C=O) groups is 2. The second-order valence-electron chi connectivity index (χ2n) is 14.2. The van der Waals surface area contributed by atoms with Crippen molar-refractivity contribution in [2.75, 3.05) is 23.3 Å². The Kier molecular flexibility index (Phi) is 9.49. The van der Waals surface area contributed by atoms with Crippen molar-refractivity contribution < 1.29 is 27.2 Å². The zero-order chi connectivity index (χ0) is 36.2. The Labute approximate surface area is 297 Å². The number of aryl methyl sites for hydroxylation is 1. The summed E-state index contributed by atoms with van der Waals surface area (Å²) in [6, 6.07) is 12.8. The quantitative estimate of drug-likeness (QED) is 0.158. The van der Waals surface area contributed by atoms with E-state index in [9.17, 15) is 27.2 Å². The third-order valence-electron chi connectivity index (χ3n) is 9.57. The van der Waals surface area contributed by atoms with Crippen LogP contribution < -0.4 is 20.9 Å². The topological polar surface area (TPSA) is 91.3 Å². The number of aromatic nitrogens is 2. The predicted octanol–water partition coefficient (Wildman–Crippen LogP) is 8.62. The summed E-state index contributed by atoms with van der Waals surface area (Å²) in [5, 5.41) is 9.83. The van der Waals surface area contributed by atoms with Crippen LogP contribution in [-0.2, 0) is 23.9 Å². The highest BCUT2D eigenvalue weighted by molar-refractivity contribution is 6.39. The van der Waals surface area contributed by atoms with Gasteiger partial charge in [-0.15, -0.1) is 0 Å². The number of benzene rings is 3. The molecule has 6 rings (SSSR count). The molecule has 1 aliphatic heterocycles. The maximum Gasteiger partial charge on any atom is 0.391 e. The number of rotatable bonds is 8. The highest BCUT2D eigenvalue weighted by Gasteiger charge is 2.46. The van der Waals surface area contributed by atoms with Crippen LogP contribution >= 0.6 is 23.2 Å². The van der Waals surface area contributed by atoms with E-state index in [0.717, 1.165) is 5.56 Å². The van der Waals surface area contributed by atoms with E-state index >= 15 is 0 Å². The summed E-state index contributed by atoms with van der Waals surface area (Å²) < 4.78 is 56.1. The van der Waals surface area contributed by atoms with Crippen LogP contribution in [0.15, 0.2) is 48.5 Å². The molecule has 3 aromatic carbocycles. The highest BCUT2D eigenvalue weighted by atomic mass is 35.5. The fourth-order valence-electron chi connectivity index (χ4n) is 6.29. The second-order valence-corrected chi connectivity index (χ2v) is 14.9. The van der Waals surface area contributed by atoms with Crippen molar-refractivity contribution in [1.82, 2.24) is 20.2 Å². The summed E-state index contributed by atoms with van der Waals surface area (Å²) in [4.78, 5) is 33.1. The summed E-state index contributed by atoms with van der Waals surface area (Å²) >= 11 is 13.4. The lowest BCUT2D eigenvalue weighted by molar-refractivity contribution is -0.179. The van der Waals surface area contributed by atoms with Crippen molar-refractivity contribution in [1.29, 1.82) is 0 Å². The third-order valence-corrected chi connectivity index (χ3v) is 10.3. The molecule has 266 valence electrons. The summed E-state index contributed by atoms with van der Waals surface area (Å²) in [5.41, 5.74) is 2.38. The molecule has 3 N–H and O–H groups in total. The number of hydrogen-bond acceptors (Lipinski definition) is 5. The van der Waals surface area contributed by atoms with Crippen molar-refractivity contribution in [3.05, 3.63) is 81.1 Å². The molecular formula is C36H38Cl2F4N6O2. The first kappa shape index (κ1) is 35.8. The van der Waals surface area contributed by atoms with Gasteiger partial charge in [-0.2, -0.15) is 13.2 Å². The average molecular weight is 734 g/mol. The molecule has 2 aliphatic rings. The lowest BCUT2D eigenvalue weighted by atomic mass is 9.95. The van der Waals surface area contributed by atoms with Gasteiger partial charge in [0, 0.05) is 32.1 Å². The van der Waals surface area contributed by atoms with Crippen molar-refractivity contribution in [3.63, 3.8) is 0 Å². The summed E-state index contributed by atoms with van der Waals surface area (Å²) in [6.45, 7) is 5.84. The van der Waals surface area contributed by atoms with Crippen LogP contribution in [0.4, 0.5) is 34.9 Å². The molecular weight excluding hydrogens is 695 g/mol. The van der Waals surface area contributed by atoms with Gasteiger partial charge in [0.05, 0.1) is 49.5 Å². The molecule has 2 heterocycles. The standard InChI is InChI=1S/C36H38Cl2F4N6O2/c1-34(2,3)32(50)43-19-20-5-10-25(37)30(29(20)38)45-33-44-26-17-24(31(49)46-35(13-14-35)21-6-8-23(39)9-7-21)27(18-28(26)47(33)4)48-15-11-22(12-16-48)36(40,41)42/h5-10,17-18,22H,11-16,19H2,1-4H3,(H,43,50)(H,44,45)(H,46,49). The van der Waals surface area contributed by atoms with Crippen LogP contribution in [0.2, 0.25) is 10.0 Å². The summed E-state index contributed by atoms with van der Waals surface area (Å²) in [6.07, 6.45) is -3.15. The van der Waals surface area contributed by atoms with Gasteiger partial charge in [-0.05, 0) is 67.1 Å². The Morgan fingerprint density at radius 2 is 1.66 bits per heavy atom. The van der Waals surface area contributed by atoms with E-state index in [-0.39, 0.29) is 49.8 Å². The van der Waals surface area contributed by atoms with Gasteiger partial charge in [0.15, 0.2) is 0 Å². The number of hydrogen-bond donors (Lipinski definition) is 3. The molecule has 0 spiro atoms. The molecule has 50 heavy (non-hydrogen) atoms. The maximum atomic E-state index is 14.0. The molecule has 2 amide bonds. The number of halogens is 6. The Bertz CT molecular complexity index is 1940. The molecule has 1 aromatic heterocycles. The fraction of sp³-hybridized carbons (Fsp3) is 0.417. The van der Waals surface area contributed by atoms with Gasteiger partial charge in [-0.25, -0.2) is 9.37 Å². The maximum absolute atomic E-state index is 14.0. The van der Waals surface area contributed by atoms with Crippen LogP contribution in [0.1, 0.15) is 67.9 Å². The first-order chi connectivity index (χ1) is 23.5. The smallest absolute Gasteiger partial charge is 0.371 e. The largest absolute Gasteiger partial charge is 0.391 e. The van der Waals surface area contributed by atoms with Crippen LogP contribution in [-0.4, -0.2) is 40.6 Å². The minimum Gasteiger partial charge on any atom is -0.371 e. The number of fused-ring (bicyclic) bond motifs is 1. The van der Waals surface area contributed by atoms with Crippen LogP contribution in [0.5, 0.6) is 0 Å². The normalized spacial score (nSPS) is 16.4. The van der Waals surface area contributed by atoms with Gasteiger partial charge in [0.2, 0.25) is 11.9 Å². The highest BCUT2D eigenvalue weighted by Crippen LogP contribution is 2.46. The number of piperidine rings is 1. The van der Waals surface area contributed by atoms with Crippen LogP contribution in [0.3, 0.4) is 0 Å². The van der Waals surface area contributed by atoms with E-state index in [2.05, 4.69) is 16.0 Å². The van der Waals surface area contributed by atoms with Crippen molar-refractivity contribution in [2.45, 2.75) is 64.7 Å². The molecule has 0 unspecified atom stereocenters. The van der Waals surface area contributed by atoms with Crippen LogP contribution in [0, 0.1) is 17.2 Å². The van der Waals surface area contributed by atoms with Gasteiger partial charge < -0.3 is 25.4 Å². The Morgan fingerprint density at radius 3 is 2.26 bits per heavy atom. The molecule has 4 aromatic rings. The molecule has 0 bridgehead atoms. The predicted molar refractivity (Wildman–Crippen MR) is 188 cm³/mol. The van der Waals surface area contributed by atoms with E-state index < -0.39 is 29.0 Å². The molecule has 0 atom stereocenters. The molecule has 2 fully saturated rings. The van der Waals surface area contributed by atoms with Crippen molar-refractivity contribution >= 4 is 63.4 Å².